The first-order valence-electron chi connectivity index (χ1n) is 9.07. The molecular formula is C20H23N5O. The summed E-state index contributed by atoms with van der Waals surface area (Å²) in [5, 5.41) is 4.08. The van der Waals surface area contributed by atoms with Gasteiger partial charge in [-0.25, -0.2) is 9.97 Å². The molecule has 0 aliphatic carbocycles. The van der Waals surface area contributed by atoms with Crippen molar-refractivity contribution in [2.45, 2.75) is 33.1 Å². The van der Waals surface area contributed by atoms with Crippen molar-refractivity contribution in [1.29, 1.82) is 0 Å². The summed E-state index contributed by atoms with van der Waals surface area (Å²) < 4.78 is 0. The van der Waals surface area contributed by atoms with Crippen molar-refractivity contribution in [2.24, 2.45) is 0 Å². The van der Waals surface area contributed by atoms with Crippen LogP contribution in [0.15, 0.2) is 30.5 Å². The number of benzene rings is 1. The maximum atomic E-state index is 12.6. The summed E-state index contributed by atoms with van der Waals surface area (Å²) in [6.45, 7) is 5.86. The minimum atomic E-state index is -0.0570. The second-order valence-corrected chi connectivity index (χ2v) is 6.85. The molecule has 1 saturated heterocycles. The molecule has 0 atom stereocenters. The van der Waals surface area contributed by atoms with Crippen LogP contribution in [0.3, 0.4) is 0 Å². The number of H-pyrrole nitrogens is 1. The fraction of sp³-hybridized carbons (Fsp3) is 0.350. The standard InChI is InChI=1S/C20H23N5O/c1-13-19(14(2)23-20(22-13)25-9-5-6-10-25)24-18(26)11-15-12-21-17-8-4-3-7-16(15)17/h3-4,7-8,12,21H,5-6,9-11H2,1-2H3,(H,24,26). The second-order valence-electron chi connectivity index (χ2n) is 6.85. The van der Waals surface area contributed by atoms with Crippen LogP contribution in [-0.2, 0) is 11.2 Å². The number of anilines is 2. The van der Waals surface area contributed by atoms with E-state index in [9.17, 15) is 4.79 Å². The van der Waals surface area contributed by atoms with E-state index in [1.807, 2.05) is 44.3 Å². The van der Waals surface area contributed by atoms with Crippen LogP contribution in [0, 0.1) is 13.8 Å². The highest BCUT2D eigenvalue weighted by atomic mass is 16.1. The third-order valence-corrected chi connectivity index (χ3v) is 4.94. The van der Waals surface area contributed by atoms with Gasteiger partial charge in [-0.05, 0) is 38.3 Å². The molecule has 0 saturated carbocycles. The molecule has 0 unspecified atom stereocenters. The van der Waals surface area contributed by atoms with Crippen molar-refractivity contribution in [3.05, 3.63) is 47.4 Å². The molecule has 1 amide bonds. The topological polar surface area (TPSA) is 73.9 Å². The first-order valence-corrected chi connectivity index (χ1v) is 9.07. The van der Waals surface area contributed by atoms with E-state index in [0.717, 1.165) is 52.6 Å². The van der Waals surface area contributed by atoms with Gasteiger partial charge < -0.3 is 15.2 Å². The first-order chi connectivity index (χ1) is 12.6. The lowest BCUT2D eigenvalue weighted by molar-refractivity contribution is -0.115. The number of rotatable bonds is 4. The van der Waals surface area contributed by atoms with E-state index in [-0.39, 0.29) is 5.91 Å². The van der Waals surface area contributed by atoms with Crippen molar-refractivity contribution in [3.63, 3.8) is 0 Å². The van der Waals surface area contributed by atoms with Crippen LogP contribution in [0.2, 0.25) is 0 Å². The number of aromatic amines is 1. The number of amides is 1. The van der Waals surface area contributed by atoms with Crippen molar-refractivity contribution in [3.8, 4) is 0 Å². The number of fused-ring (bicyclic) bond motifs is 1. The molecule has 2 aromatic heterocycles. The summed E-state index contributed by atoms with van der Waals surface area (Å²) in [4.78, 5) is 27.2. The smallest absolute Gasteiger partial charge is 0.228 e. The number of aromatic nitrogens is 3. The van der Waals surface area contributed by atoms with E-state index in [2.05, 4.69) is 25.2 Å². The first kappa shape index (κ1) is 16.6. The lowest BCUT2D eigenvalue weighted by Gasteiger charge is -2.18. The Morgan fingerprint density at radius 3 is 2.58 bits per heavy atom. The van der Waals surface area contributed by atoms with Gasteiger partial charge in [0.1, 0.15) is 0 Å². The van der Waals surface area contributed by atoms with Crippen LogP contribution < -0.4 is 10.2 Å². The number of para-hydroxylation sites is 1. The number of carbonyl (C=O) groups excluding carboxylic acids is 1. The molecule has 3 aromatic rings. The minimum Gasteiger partial charge on any atom is -0.361 e. The lowest BCUT2D eigenvalue weighted by Crippen LogP contribution is -2.23. The van der Waals surface area contributed by atoms with Gasteiger partial charge in [0.15, 0.2) is 0 Å². The monoisotopic (exact) mass is 349 g/mol. The maximum Gasteiger partial charge on any atom is 0.228 e. The van der Waals surface area contributed by atoms with Crippen LogP contribution in [0.4, 0.5) is 11.6 Å². The fourth-order valence-electron chi connectivity index (χ4n) is 3.57. The van der Waals surface area contributed by atoms with Gasteiger partial charge in [-0.1, -0.05) is 18.2 Å². The highest BCUT2D eigenvalue weighted by Crippen LogP contribution is 2.24. The summed E-state index contributed by atoms with van der Waals surface area (Å²) in [5.74, 6) is 0.714. The Labute approximate surface area is 152 Å². The molecule has 0 radical (unpaired) electrons. The van der Waals surface area contributed by atoms with Gasteiger partial charge >= 0.3 is 0 Å². The van der Waals surface area contributed by atoms with Crippen LogP contribution in [0.1, 0.15) is 29.8 Å². The largest absolute Gasteiger partial charge is 0.361 e. The summed E-state index contributed by atoms with van der Waals surface area (Å²) in [5.41, 5.74) is 4.38. The number of aryl methyl sites for hydroxylation is 2. The van der Waals surface area contributed by atoms with E-state index in [4.69, 9.17) is 0 Å². The predicted molar refractivity (Wildman–Crippen MR) is 104 cm³/mol. The molecule has 1 aliphatic rings. The lowest BCUT2D eigenvalue weighted by atomic mass is 10.1. The van der Waals surface area contributed by atoms with Gasteiger partial charge in [-0.3, -0.25) is 4.79 Å². The van der Waals surface area contributed by atoms with Crippen LogP contribution in [0.25, 0.3) is 10.9 Å². The third kappa shape index (κ3) is 3.14. The number of hydrogen-bond acceptors (Lipinski definition) is 4. The van der Waals surface area contributed by atoms with Gasteiger partial charge in [0.05, 0.1) is 23.5 Å². The second kappa shape index (κ2) is 6.78. The summed E-state index contributed by atoms with van der Waals surface area (Å²) in [6.07, 6.45) is 4.59. The molecule has 0 bridgehead atoms. The summed E-state index contributed by atoms with van der Waals surface area (Å²) >= 11 is 0. The Balaban J connectivity index is 1.52. The zero-order valence-electron chi connectivity index (χ0n) is 15.2. The number of hydrogen-bond donors (Lipinski definition) is 2. The Hall–Kier alpha value is -2.89. The SMILES string of the molecule is Cc1nc(N2CCCC2)nc(C)c1NC(=O)Cc1c[nH]c2ccccc12. The molecule has 2 N–H and O–H groups in total. The van der Waals surface area contributed by atoms with E-state index in [1.54, 1.807) is 0 Å². The van der Waals surface area contributed by atoms with Gasteiger partial charge in [0.2, 0.25) is 11.9 Å². The Bertz CT molecular complexity index is 933. The van der Waals surface area contributed by atoms with Crippen molar-refractivity contribution in [2.75, 3.05) is 23.3 Å². The van der Waals surface area contributed by atoms with Crippen molar-refractivity contribution < 1.29 is 4.79 Å². The average molecular weight is 349 g/mol. The zero-order valence-corrected chi connectivity index (χ0v) is 15.2. The fourth-order valence-corrected chi connectivity index (χ4v) is 3.57. The van der Waals surface area contributed by atoms with E-state index in [1.165, 1.54) is 12.8 Å². The van der Waals surface area contributed by atoms with Gasteiger partial charge in [0, 0.05) is 30.2 Å². The molecule has 6 heteroatoms. The van der Waals surface area contributed by atoms with E-state index >= 15 is 0 Å². The number of nitrogens with zero attached hydrogens (tertiary/aromatic N) is 3. The number of nitrogens with one attached hydrogen (secondary N) is 2. The number of carbonyl (C=O) groups is 1. The molecule has 0 spiro atoms. The molecule has 26 heavy (non-hydrogen) atoms. The predicted octanol–water partition coefficient (Wildman–Crippen LogP) is 3.36. The summed E-state index contributed by atoms with van der Waals surface area (Å²) in [6, 6.07) is 8.00. The van der Waals surface area contributed by atoms with Crippen molar-refractivity contribution >= 4 is 28.4 Å². The quantitative estimate of drug-likeness (QED) is 0.757. The Morgan fingerprint density at radius 1 is 1.15 bits per heavy atom. The Morgan fingerprint density at radius 2 is 1.85 bits per heavy atom. The molecule has 1 aliphatic heterocycles. The summed E-state index contributed by atoms with van der Waals surface area (Å²) in [7, 11) is 0. The maximum absolute atomic E-state index is 12.6. The van der Waals surface area contributed by atoms with E-state index in [0.29, 0.717) is 6.42 Å². The molecule has 1 fully saturated rings. The average Bonchev–Trinajstić information content (AvgIpc) is 3.29. The van der Waals surface area contributed by atoms with Crippen LogP contribution in [-0.4, -0.2) is 33.9 Å². The molecule has 134 valence electrons. The van der Waals surface area contributed by atoms with Crippen LogP contribution >= 0.6 is 0 Å². The van der Waals surface area contributed by atoms with Gasteiger partial charge in [0.25, 0.3) is 0 Å². The molecule has 4 rings (SSSR count). The molecule has 6 nitrogen and oxygen atoms in total. The van der Waals surface area contributed by atoms with Crippen molar-refractivity contribution in [1.82, 2.24) is 15.0 Å². The molecular weight excluding hydrogens is 326 g/mol. The highest BCUT2D eigenvalue weighted by molar-refractivity contribution is 5.96. The normalized spacial score (nSPS) is 14.2. The van der Waals surface area contributed by atoms with Crippen LogP contribution in [0.5, 0.6) is 0 Å². The zero-order chi connectivity index (χ0) is 18.1. The van der Waals surface area contributed by atoms with Gasteiger partial charge in [-0.15, -0.1) is 0 Å². The highest BCUT2D eigenvalue weighted by Gasteiger charge is 2.18. The third-order valence-electron chi connectivity index (χ3n) is 4.94. The molecule has 1 aromatic carbocycles. The van der Waals surface area contributed by atoms with E-state index < -0.39 is 0 Å². The van der Waals surface area contributed by atoms with Gasteiger partial charge in [-0.2, -0.15) is 0 Å². The molecule has 3 heterocycles. The Kier molecular flexibility index (Phi) is 4.32. The minimum absolute atomic E-state index is 0.0570.